The van der Waals surface area contributed by atoms with E-state index in [4.69, 9.17) is 11.3 Å². The lowest BCUT2D eigenvalue weighted by molar-refractivity contribution is -0.0399. The van der Waals surface area contributed by atoms with Crippen molar-refractivity contribution in [2.45, 2.75) is 56.8 Å². The SMILES string of the molecule is [2H]c1ccc2c(c1)C1(c3cc([2H])cc(-c4ccc(-c5ccc(-c6c7ccccc7c(-c7cccc(-c8ccc9c(c8)C(C)(C)c8ccccc8-9)c7)c7ccccc67)cn5)nc4)c3-2)C2CC3CC(C2)CC1C3. The molecule has 0 saturated heterocycles. The number of rotatable bonds is 5. The topological polar surface area (TPSA) is 25.8 Å². The summed E-state index contributed by atoms with van der Waals surface area (Å²) >= 11 is 0. The van der Waals surface area contributed by atoms with Crippen LogP contribution in [0.3, 0.4) is 0 Å². The number of nitrogens with zero attached hydrogens (tertiary/aromatic N) is 2. The zero-order valence-electron chi connectivity index (χ0n) is 41.1. The second-order valence-electron chi connectivity index (χ2n) is 21.5. The highest BCUT2D eigenvalue weighted by Crippen LogP contribution is 2.70. The average molecular weight is 887 g/mol. The Balaban J connectivity index is 0.784. The van der Waals surface area contributed by atoms with Gasteiger partial charge >= 0.3 is 0 Å². The summed E-state index contributed by atoms with van der Waals surface area (Å²) < 4.78 is 18.0. The van der Waals surface area contributed by atoms with Crippen molar-refractivity contribution in [3.8, 4) is 78.1 Å². The molecule has 1 spiro atoms. The van der Waals surface area contributed by atoms with Gasteiger partial charge < -0.3 is 0 Å². The van der Waals surface area contributed by atoms with Crippen molar-refractivity contribution in [3.63, 3.8) is 0 Å². The van der Waals surface area contributed by atoms with Crippen LogP contribution in [-0.2, 0) is 10.8 Å². The molecule has 16 rings (SSSR count). The minimum atomic E-state index is -0.100. The van der Waals surface area contributed by atoms with E-state index in [1.807, 2.05) is 24.5 Å². The second-order valence-corrected chi connectivity index (χ2v) is 21.5. The largest absolute Gasteiger partial charge is 0.254 e. The van der Waals surface area contributed by atoms with Crippen molar-refractivity contribution in [2.75, 3.05) is 0 Å². The van der Waals surface area contributed by atoms with Crippen molar-refractivity contribution in [1.82, 2.24) is 9.97 Å². The minimum Gasteiger partial charge on any atom is -0.254 e. The molecule has 10 aromatic rings. The molecule has 0 radical (unpaired) electrons. The minimum absolute atomic E-state index is 0.0626. The fraction of sp³-hybridized carbons (Fsp3) is 0.194. The third-order valence-corrected chi connectivity index (χ3v) is 17.8. The normalized spacial score (nSPS) is 22.3. The van der Waals surface area contributed by atoms with Gasteiger partial charge in [0, 0.05) is 34.4 Å². The van der Waals surface area contributed by atoms with E-state index < -0.39 is 0 Å². The van der Waals surface area contributed by atoms with Crippen LogP contribution in [0.5, 0.6) is 0 Å². The van der Waals surface area contributed by atoms with Crippen LogP contribution >= 0.6 is 0 Å². The molecule has 330 valence electrons. The van der Waals surface area contributed by atoms with Gasteiger partial charge in [-0.05, 0) is 179 Å². The molecule has 0 atom stereocenters. The fourth-order valence-corrected chi connectivity index (χ4v) is 15.2. The summed E-state index contributed by atoms with van der Waals surface area (Å²) in [5.74, 6) is 2.81. The van der Waals surface area contributed by atoms with Crippen molar-refractivity contribution in [2.24, 2.45) is 23.7 Å². The Morgan fingerprint density at radius 1 is 0.391 bits per heavy atom. The van der Waals surface area contributed by atoms with Crippen LogP contribution in [0.15, 0.2) is 194 Å². The van der Waals surface area contributed by atoms with Crippen molar-refractivity contribution in [1.29, 1.82) is 0 Å². The Kier molecular flexibility index (Phi) is 7.92. The van der Waals surface area contributed by atoms with Crippen molar-refractivity contribution < 1.29 is 2.74 Å². The highest BCUT2D eigenvalue weighted by Gasteiger charge is 2.61. The number of pyridine rings is 2. The van der Waals surface area contributed by atoms with Gasteiger partial charge in [-0.15, -0.1) is 0 Å². The van der Waals surface area contributed by atoms with E-state index in [1.54, 1.807) is 0 Å². The summed E-state index contributed by atoms with van der Waals surface area (Å²) in [6.45, 7) is 4.70. The first-order valence-corrected chi connectivity index (χ1v) is 25.2. The predicted octanol–water partition coefficient (Wildman–Crippen LogP) is 17.1. The third kappa shape index (κ3) is 5.55. The number of hydrogen-bond acceptors (Lipinski definition) is 2. The quantitative estimate of drug-likeness (QED) is 0.161. The van der Waals surface area contributed by atoms with Gasteiger partial charge in [0.25, 0.3) is 0 Å². The van der Waals surface area contributed by atoms with Crippen molar-refractivity contribution in [3.05, 3.63) is 217 Å². The molecule has 2 aromatic heterocycles. The zero-order valence-corrected chi connectivity index (χ0v) is 39.1. The van der Waals surface area contributed by atoms with Crippen LogP contribution < -0.4 is 0 Å². The lowest BCUT2D eigenvalue weighted by Crippen LogP contribution is -2.55. The van der Waals surface area contributed by atoms with Crippen LogP contribution in [0.2, 0.25) is 0 Å². The molecule has 2 heterocycles. The van der Waals surface area contributed by atoms with Gasteiger partial charge in [0.2, 0.25) is 0 Å². The van der Waals surface area contributed by atoms with E-state index in [2.05, 4.69) is 172 Å². The number of fused-ring (bicyclic) bond motifs is 8. The van der Waals surface area contributed by atoms with E-state index in [0.717, 1.165) is 39.9 Å². The molecule has 0 unspecified atom stereocenters. The molecule has 2 heteroatoms. The van der Waals surface area contributed by atoms with E-state index in [9.17, 15) is 1.37 Å². The summed E-state index contributed by atoms with van der Waals surface area (Å²) in [5.41, 5.74) is 21.4. The summed E-state index contributed by atoms with van der Waals surface area (Å²) in [7, 11) is 0. The summed E-state index contributed by atoms with van der Waals surface area (Å²) in [6.07, 6.45) is 10.5. The van der Waals surface area contributed by atoms with E-state index in [0.29, 0.717) is 23.9 Å². The van der Waals surface area contributed by atoms with Gasteiger partial charge in [-0.3, -0.25) is 9.97 Å². The average Bonchev–Trinajstić information content (AvgIpc) is 3.82. The zero-order chi connectivity index (χ0) is 47.3. The lowest BCUT2D eigenvalue weighted by Gasteiger charge is -2.61. The molecule has 0 N–H and O–H groups in total. The van der Waals surface area contributed by atoms with Gasteiger partial charge in [0.15, 0.2) is 0 Å². The molecule has 6 aliphatic rings. The summed E-state index contributed by atoms with van der Waals surface area (Å²) in [5, 5.41) is 4.82. The van der Waals surface area contributed by atoms with Crippen LogP contribution in [0.25, 0.3) is 99.7 Å². The Hall–Kier alpha value is -7.42. The monoisotopic (exact) mass is 886 g/mol. The molecular formula is C67H52N2. The Labute approximate surface area is 407 Å². The first-order chi connectivity index (χ1) is 34.7. The third-order valence-electron chi connectivity index (χ3n) is 17.8. The summed E-state index contributed by atoms with van der Waals surface area (Å²) in [6, 6.07) is 63.0. The van der Waals surface area contributed by atoms with Crippen LogP contribution in [-0.4, -0.2) is 9.97 Å². The van der Waals surface area contributed by atoms with E-state index >= 15 is 0 Å². The molecule has 2 nitrogen and oxygen atoms in total. The molecule has 4 fully saturated rings. The maximum Gasteiger partial charge on any atom is 0.0886 e. The highest BCUT2D eigenvalue weighted by atomic mass is 14.8. The molecule has 6 aliphatic carbocycles. The van der Waals surface area contributed by atoms with Crippen molar-refractivity contribution >= 4 is 21.5 Å². The van der Waals surface area contributed by atoms with Crippen LogP contribution in [0.4, 0.5) is 0 Å². The summed E-state index contributed by atoms with van der Waals surface area (Å²) in [4.78, 5) is 10.2. The second kappa shape index (κ2) is 14.5. The Morgan fingerprint density at radius 2 is 0.957 bits per heavy atom. The molecule has 0 amide bonds. The smallest absolute Gasteiger partial charge is 0.0886 e. The highest BCUT2D eigenvalue weighted by molar-refractivity contribution is 6.21. The Morgan fingerprint density at radius 3 is 1.64 bits per heavy atom. The van der Waals surface area contributed by atoms with Crippen LogP contribution in [0, 0.1) is 23.7 Å². The maximum absolute atomic E-state index is 9.21. The first-order valence-electron chi connectivity index (χ1n) is 26.2. The maximum atomic E-state index is 9.21. The molecule has 0 aliphatic heterocycles. The molecular weight excluding hydrogens is 833 g/mol. The van der Waals surface area contributed by atoms with Crippen LogP contribution in [0.1, 0.15) is 70.9 Å². The number of benzene rings is 8. The van der Waals surface area contributed by atoms with Gasteiger partial charge in [-0.25, -0.2) is 0 Å². The molecule has 4 bridgehead atoms. The number of hydrogen-bond donors (Lipinski definition) is 0. The molecule has 4 saturated carbocycles. The predicted molar refractivity (Wildman–Crippen MR) is 285 cm³/mol. The van der Waals surface area contributed by atoms with E-state index in [1.165, 1.54) is 126 Å². The standard InChI is InChI=1S/C67H52N2/c1-66(2)57-22-9-7-15-50(57)51-28-25-43(37-60(51)66)42-13-11-14-44(36-42)63-52-16-3-5-18-54(52)64(55-19-6-4-17-53(55)63)46-27-30-62(69-39-46)61-29-26-45(38-68-61)49-21-12-24-59-65(49)56-20-8-10-23-58(56)67(59)47-32-40-31-41(34-47)35-48(67)33-40/h3-30,36-41,47-48H,31-35H2,1-2H3/i10D,12D. The lowest BCUT2D eigenvalue weighted by atomic mass is 9.43. The van der Waals surface area contributed by atoms with Gasteiger partial charge in [0.05, 0.1) is 14.1 Å². The molecule has 8 aromatic carbocycles. The van der Waals surface area contributed by atoms with E-state index in [-0.39, 0.29) is 10.8 Å². The Bertz CT molecular complexity index is 3800. The molecule has 69 heavy (non-hydrogen) atoms. The van der Waals surface area contributed by atoms with Gasteiger partial charge in [-0.2, -0.15) is 0 Å². The first kappa shape index (κ1) is 37.5. The van der Waals surface area contributed by atoms with Gasteiger partial charge in [0.1, 0.15) is 0 Å². The number of aromatic nitrogens is 2. The fourth-order valence-electron chi connectivity index (χ4n) is 15.2. The van der Waals surface area contributed by atoms with Gasteiger partial charge in [-0.1, -0.05) is 172 Å².